The van der Waals surface area contributed by atoms with Crippen molar-refractivity contribution in [2.24, 2.45) is 69.5 Å². The monoisotopic (exact) mass is 578 g/mol. The molecule has 5 fully saturated rings. The molecule has 238 valence electrons. The van der Waals surface area contributed by atoms with Crippen molar-refractivity contribution in [2.75, 3.05) is 21.3 Å². The van der Waals surface area contributed by atoms with E-state index in [0.29, 0.717) is 23.7 Å². The lowest BCUT2D eigenvalue weighted by atomic mass is 9.34. The summed E-state index contributed by atoms with van der Waals surface area (Å²) in [6.45, 7) is 15.9. The molecule has 0 bridgehead atoms. The van der Waals surface area contributed by atoms with E-state index in [2.05, 4.69) is 41.5 Å². The summed E-state index contributed by atoms with van der Waals surface area (Å²) in [6.07, 6.45) is 6.01. The number of rotatable bonds is 5. The molecule has 0 spiro atoms. The highest BCUT2D eigenvalue weighted by atomic mass is 16.6. The van der Waals surface area contributed by atoms with E-state index in [1.165, 1.54) is 6.42 Å². The molecule has 41 heavy (non-hydrogen) atoms. The summed E-state index contributed by atoms with van der Waals surface area (Å²) in [5, 5.41) is 35.3. The van der Waals surface area contributed by atoms with E-state index in [1.807, 2.05) is 14.0 Å². The average molecular weight is 579 g/mol. The predicted octanol–water partition coefficient (Wildman–Crippen LogP) is 5.56. The average Bonchev–Trinajstić information content (AvgIpc) is 2.89. The van der Waals surface area contributed by atoms with E-state index in [4.69, 9.17) is 14.2 Å². The Balaban J connectivity index is 1.51. The van der Waals surface area contributed by atoms with Crippen LogP contribution in [0.4, 0.5) is 0 Å². The topological polar surface area (TPSA) is 88.4 Å². The van der Waals surface area contributed by atoms with Gasteiger partial charge in [0.1, 0.15) is 6.10 Å². The van der Waals surface area contributed by atoms with Crippen LogP contribution < -0.4 is 0 Å². The maximum atomic E-state index is 12.5. The summed E-state index contributed by atoms with van der Waals surface area (Å²) >= 11 is 0. The lowest BCUT2D eigenvalue weighted by Crippen LogP contribution is -2.70. The minimum absolute atomic E-state index is 0.00161. The number of ether oxygens (including phenoxy) is 3. The van der Waals surface area contributed by atoms with Gasteiger partial charge in [-0.2, -0.15) is 0 Å². The molecule has 5 rings (SSSR count). The number of aliphatic hydroxyl groups excluding tert-OH is 3. The van der Waals surface area contributed by atoms with Gasteiger partial charge in [0.15, 0.2) is 0 Å². The fourth-order valence-corrected chi connectivity index (χ4v) is 13.1. The van der Waals surface area contributed by atoms with Crippen molar-refractivity contribution in [3.05, 3.63) is 0 Å². The van der Waals surface area contributed by atoms with Crippen LogP contribution in [0.15, 0.2) is 0 Å². The number of methoxy groups -OCH3 is 3. The molecule has 5 aliphatic rings. The van der Waals surface area contributed by atoms with E-state index in [-0.39, 0.29) is 70.3 Å². The summed E-state index contributed by atoms with van der Waals surface area (Å²) in [7, 11) is 5.40. The molecule has 0 aromatic heterocycles. The molecule has 15 unspecified atom stereocenters. The Morgan fingerprint density at radius 1 is 0.756 bits per heavy atom. The maximum absolute atomic E-state index is 12.5. The van der Waals surface area contributed by atoms with Gasteiger partial charge in [0.25, 0.3) is 0 Å². The second-order valence-corrected chi connectivity index (χ2v) is 16.5. The number of aliphatic hydroxyl groups is 3. The maximum Gasteiger partial charge on any atom is 0.110 e. The van der Waals surface area contributed by atoms with Gasteiger partial charge in [0.2, 0.25) is 0 Å². The fourth-order valence-electron chi connectivity index (χ4n) is 13.1. The quantitative estimate of drug-likeness (QED) is 0.396. The SMILES string of the molecule is COC1CCC(C2CCC(C)C3C(O)C4C(C)[C@]5(C)C(O)C(C(C)O)C(C)C[C@]5(C)C[C@]4(C)CC23)C(OC)C1OC. The van der Waals surface area contributed by atoms with Crippen molar-refractivity contribution in [1.82, 2.24) is 0 Å². The lowest BCUT2D eigenvalue weighted by Gasteiger charge is -2.72. The molecular weight excluding hydrogens is 516 g/mol. The van der Waals surface area contributed by atoms with E-state index in [1.54, 1.807) is 14.2 Å². The minimum Gasteiger partial charge on any atom is -0.393 e. The summed E-state index contributed by atoms with van der Waals surface area (Å²) in [4.78, 5) is 0. The van der Waals surface area contributed by atoms with Gasteiger partial charge in [-0.05, 0) is 104 Å². The first kappa shape index (κ1) is 32.2. The van der Waals surface area contributed by atoms with Crippen LogP contribution in [-0.4, -0.2) is 73.3 Å². The zero-order valence-electron chi connectivity index (χ0n) is 27.7. The molecule has 0 heterocycles. The van der Waals surface area contributed by atoms with Gasteiger partial charge >= 0.3 is 0 Å². The summed E-state index contributed by atoms with van der Waals surface area (Å²) in [5.74, 6) is 2.48. The third kappa shape index (κ3) is 4.62. The summed E-state index contributed by atoms with van der Waals surface area (Å²) in [5.41, 5.74) is -0.424. The van der Waals surface area contributed by atoms with Crippen LogP contribution in [0, 0.1) is 69.5 Å². The zero-order valence-corrected chi connectivity index (χ0v) is 27.7. The van der Waals surface area contributed by atoms with Crippen LogP contribution in [0.2, 0.25) is 0 Å². The Morgan fingerprint density at radius 3 is 1.98 bits per heavy atom. The normalized spacial score (nSPS) is 58.2. The van der Waals surface area contributed by atoms with Gasteiger partial charge in [0.05, 0.1) is 30.5 Å². The second kappa shape index (κ2) is 11.3. The molecule has 18 atom stereocenters. The smallest absolute Gasteiger partial charge is 0.110 e. The Morgan fingerprint density at radius 2 is 1.39 bits per heavy atom. The van der Waals surface area contributed by atoms with Crippen LogP contribution in [0.1, 0.15) is 93.4 Å². The molecule has 5 aliphatic carbocycles. The Hall–Kier alpha value is -0.240. The summed E-state index contributed by atoms with van der Waals surface area (Å²) < 4.78 is 18.0. The molecule has 0 amide bonds. The highest BCUT2D eigenvalue weighted by molar-refractivity contribution is 5.19. The van der Waals surface area contributed by atoms with E-state index < -0.39 is 12.2 Å². The van der Waals surface area contributed by atoms with Crippen molar-refractivity contribution in [1.29, 1.82) is 0 Å². The van der Waals surface area contributed by atoms with Gasteiger partial charge in [0, 0.05) is 32.7 Å². The van der Waals surface area contributed by atoms with Crippen LogP contribution in [-0.2, 0) is 14.2 Å². The highest BCUT2D eigenvalue weighted by Gasteiger charge is 2.70. The Bertz CT molecular complexity index is 926. The lowest BCUT2D eigenvalue weighted by molar-refractivity contribution is -0.281. The van der Waals surface area contributed by atoms with Crippen molar-refractivity contribution >= 4 is 0 Å². The third-order valence-electron chi connectivity index (χ3n) is 14.8. The first-order valence-electron chi connectivity index (χ1n) is 16.8. The number of fused-ring (bicyclic) bond motifs is 3. The molecule has 5 saturated carbocycles. The van der Waals surface area contributed by atoms with E-state index in [9.17, 15) is 15.3 Å². The summed E-state index contributed by atoms with van der Waals surface area (Å²) in [6, 6.07) is 0. The van der Waals surface area contributed by atoms with Gasteiger partial charge in [-0.1, -0.05) is 48.0 Å². The molecule has 6 nitrogen and oxygen atoms in total. The van der Waals surface area contributed by atoms with Crippen LogP contribution in [0.3, 0.4) is 0 Å². The van der Waals surface area contributed by atoms with E-state index >= 15 is 0 Å². The van der Waals surface area contributed by atoms with Crippen LogP contribution >= 0.6 is 0 Å². The largest absolute Gasteiger partial charge is 0.393 e. The first-order valence-corrected chi connectivity index (χ1v) is 16.8. The highest BCUT2D eigenvalue weighted by Crippen LogP contribution is 2.73. The minimum atomic E-state index is -0.582. The molecule has 3 N–H and O–H groups in total. The Labute approximate surface area is 250 Å². The van der Waals surface area contributed by atoms with Crippen LogP contribution in [0.5, 0.6) is 0 Å². The molecular formula is C35H62O6. The van der Waals surface area contributed by atoms with E-state index in [0.717, 1.165) is 38.5 Å². The molecule has 0 saturated heterocycles. The Kier molecular flexibility index (Phi) is 8.85. The first-order chi connectivity index (χ1) is 19.2. The molecule has 0 aliphatic heterocycles. The van der Waals surface area contributed by atoms with Crippen molar-refractivity contribution in [2.45, 2.75) is 130 Å². The van der Waals surface area contributed by atoms with Crippen molar-refractivity contribution in [3.8, 4) is 0 Å². The predicted molar refractivity (Wildman–Crippen MR) is 161 cm³/mol. The van der Waals surface area contributed by atoms with Crippen molar-refractivity contribution in [3.63, 3.8) is 0 Å². The number of hydrogen-bond donors (Lipinski definition) is 3. The molecule has 0 radical (unpaired) electrons. The van der Waals surface area contributed by atoms with Gasteiger partial charge in [-0.25, -0.2) is 0 Å². The molecule has 0 aromatic carbocycles. The van der Waals surface area contributed by atoms with Crippen LogP contribution in [0.25, 0.3) is 0 Å². The molecule has 0 aromatic rings. The van der Waals surface area contributed by atoms with Gasteiger partial charge in [-0.3, -0.25) is 0 Å². The molecule has 6 heteroatoms. The zero-order chi connectivity index (χ0) is 30.2. The van der Waals surface area contributed by atoms with Crippen molar-refractivity contribution < 1.29 is 29.5 Å². The second-order valence-electron chi connectivity index (χ2n) is 16.5. The van der Waals surface area contributed by atoms with Gasteiger partial charge < -0.3 is 29.5 Å². The third-order valence-corrected chi connectivity index (χ3v) is 14.8. The van der Waals surface area contributed by atoms with Gasteiger partial charge in [-0.15, -0.1) is 0 Å². The fraction of sp³-hybridized carbons (Fsp3) is 1.00. The number of hydrogen-bond acceptors (Lipinski definition) is 6. The standard InChI is InChI=1S/C35H62O6/c1-18-11-12-22(23-13-14-25(39-8)31(41-10)30(23)40-9)24-16-33(5)17-34(6)15-19(2)26(21(4)36)32(38)35(34,7)20(3)28(33)29(37)27(18)24/h18-32,36-38H,11-17H2,1-10H3/t18?,19?,20?,21?,22?,23?,24?,25?,26?,27?,28?,29?,30?,31?,32?,33-,34+,35+/m0/s1.